The molecule has 0 aliphatic carbocycles. The van der Waals surface area contributed by atoms with Crippen LogP contribution >= 0.6 is 0 Å². The van der Waals surface area contributed by atoms with E-state index in [0.29, 0.717) is 36.9 Å². The number of hydroxylamine groups is 3. The molecule has 2 aliphatic heterocycles. The molecule has 0 radical (unpaired) electrons. The Bertz CT molecular complexity index is 509. The van der Waals surface area contributed by atoms with Gasteiger partial charge in [-0.05, 0) is 12.1 Å². The second-order valence-electron chi connectivity index (χ2n) is 4.25. The number of rotatable bonds is 0. The summed E-state index contributed by atoms with van der Waals surface area (Å²) in [4.78, 5) is 0.661. The van der Waals surface area contributed by atoms with Gasteiger partial charge in [-0.2, -0.15) is 0 Å². The number of hydrogen-bond acceptors (Lipinski definition) is 3. The molecule has 5 nitrogen and oxygen atoms in total. The number of piperazine rings is 1. The van der Waals surface area contributed by atoms with Crippen molar-refractivity contribution in [3.63, 3.8) is 0 Å². The van der Waals surface area contributed by atoms with Crippen LogP contribution in [0.2, 0.25) is 0 Å². The molecule has 17 heavy (non-hydrogen) atoms. The Balaban J connectivity index is 2.05. The summed E-state index contributed by atoms with van der Waals surface area (Å²) in [5.41, 5.74) is 0.753. The Labute approximate surface area is 102 Å². The predicted molar refractivity (Wildman–Crippen MR) is 65.6 cm³/mol. The maximum absolute atomic E-state index is 12.7. The molecule has 0 aromatic heterocycles. The molecular formula is C11H13N3O2S. The van der Waals surface area contributed by atoms with Gasteiger partial charge in [0.2, 0.25) is 5.84 Å². The molecule has 2 heterocycles. The van der Waals surface area contributed by atoms with E-state index in [4.69, 9.17) is 0 Å². The molecule has 1 saturated heterocycles. The van der Waals surface area contributed by atoms with Crippen LogP contribution in [0, 0.1) is 5.21 Å². The predicted octanol–water partition coefficient (Wildman–Crippen LogP) is 0.387. The van der Waals surface area contributed by atoms with Gasteiger partial charge in [0, 0.05) is 13.1 Å². The zero-order valence-electron chi connectivity index (χ0n) is 9.26. The van der Waals surface area contributed by atoms with Gasteiger partial charge in [0.05, 0.1) is 23.5 Å². The molecule has 6 heteroatoms. The largest absolute Gasteiger partial charge is 0.626 e. The second-order valence-corrected chi connectivity index (χ2v) is 5.37. The highest BCUT2D eigenvalue weighted by molar-refractivity contribution is 7.84. The Morgan fingerprint density at radius 3 is 2.76 bits per heavy atom. The van der Waals surface area contributed by atoms with Gasteiger partial charge < -0.3 is 15.2 Å². The fourth-order valence-electron chi connectivity index (χ4n) is 2.24. The molecule has 1 aromatic rings. The van der Waals surface area contributed by atoms with Gasteiger partial charge in [0.15, 0.2) is 11.0 Å². The van der Waals surface area contributed by atoms with E-state index in [9.17, 15) is 9.42 Å². The average molecular weight is 251 g/mol. The van der Waals surface area contributed by atoms with Gasteiger partial charge in [-0.1, -0.05) is 12.1 Å². The van der Waals surface area contributed by atoms with Gasteiger partial charge in [0.1, 0.15) is 0 Å². The van der Waals surface area contributed by atoms with Crippen molar-refractivity contribution in [1.82, 2.24) is 5.32 Å². The van der Waals surface area contributed by atoms with Crippen LogP contribution in [0.15, 0.2) is 33.6 Å². The Morgan fingerprint density at radius 1 is 1.29 bits per heavy atom. The standard InChI is InChI=1S/C11H13N3O2S/c15-14(7-5-12-6-8-14)11-9-3-1-2-4-10(9)17(16)13-11/h1-4,12H,5-8H2. The van der Waals surface area contributed by atoms with Crippen LogP contribution in [-0.2, 0) is 11.0 Å². The maximum atomic E-state index is 12.7. The minimum Gasteiger partial charge on any atom is -0.626 e. The average Bonchev–Trinajstić information content (AvgIpc) is 2.69. The Hall–Kier alpha value is -1.08. The van der Waals surface area contributed by atoms with Crippen molar-refractivity contribution >= 4 is 16.8 Å². The Kier molecular flexibility index (Phi) is 2.59. The summed E-state index contributed by atoms with van der Waals surface area (Å²) < 4.78 is 15.4. The van der Waals surface area contributed by atoms with E-state index in [1.54, 1.807) is 6.07 Å². The van der Waals surface area contributed by atoms with E-state index in [1.807, 2.05) is 18.2 Å². The highest BCUT2D eigenvalue weighted by Gasteiger charge is 2.35. The number of nitrogens with zero attached hydrogens (tertiary/aromatic N) is 2. The van der Waals surface area contributed by atoms with E-state index in [0.717, 1.165) is 5.56 Å². The summed E-state index contributed by atoms with van der Waals surface area (Å²) in [6.07, 6.45) is 0. The van der Waals surface area contributed by atoms with Crippen LogP contribution in [0.25, 0.3) is 0 Å². The van der Waals surface area contributed by atoms with Crippen LogP contribution in [-0.4, -0.2) is 40.9 Å². The third-order valence-electron chi connectivity index (χ3n) is 3.17. The number of fused-ring (bicyclic) bond motifs is 1. The van der Waals surface area contributed by atoms with Crippen LogP contribution in [0.4, 0.5) is 0 Å². The normalized spacial score (nSPS) is 26.4. The lowest BCUT2D eigenvalue weighted by molar-refractivity contribution is -0.791. The van der Waals surface area contributed by atoms with E-state index < -0.39 is 15.6 Å². The molecule has 2 aliphatic rings. The lowest BCUT2D eigenvalue weighted by Crippen LogP contribution is -2.57. The van der Waals surface area contributed by atoms with Gasteiger partial charge in [-0.3, -0.25) is 0 Å². The molecule has 0 saturated carbocycles. The van der Waals surface area contributed by atoms with Crippen molar-refractivity contribution in [2.24, 2.45) is 4.40 Å². The number of nitrogens with one attached hydrogen (secondary N) is 1. The molecule has 1 aromatic carbocycles. The van der Waals surface area contributed by atoms with Gasteiger partial charge in [0.25, 0.3) is 0 Å². The van der Waals surface area contributed by atoms with E-state index in [1.165, 1.54) is 0 Å². The lowest BCUT2D eigenvalue weighted by Gasteiger charge is -2.44. The second kappa shape index (κ2) is 3.99. The van der Waals surface area contributed by atoms with Crippen molar-refractivity contribution in [3.8, 4) is 0 Å². The molecule has 1 atom stereocenters. The highest BCUT2D eigenvalue weighted by Crippen LogP contribution is 2.27. The zero-order valence-corrected chi connectivity index (χ0v) is 10.1. The highest BCUT2D eigenvalue weighted by atomic mass is 32.2. The molecule has 1 fully saturated rings. The first-order valence-corrected chi connectivity index (χ1v) is 6.71. The maximum Gasteiger partial charge on any atom is 0.245 e. The number of quaternary nitrogens is 1. The molecular weight excluding hydrogens is 238 g/mol. The van der Waals surface area contributed by atoms with E-state index in [2.05, 4.69) is 9.71 Å². The topological polar surface area (TPSA) is 64.5 Å². The van der Waals surface area contributed by atoms with Crippen LogP contribution in [0.5, 0.6) is 0 Å². The van der Waals surface area contributed by atoms with Crippen LogP contribution in [0.1, 0.15) is 5.56 Å². The van der Waals surface area contributed by atoms with E-state index >= 15 is 0 Å². The van der Waals surface area contributed by atoms with E-state index in [-0.39, 0.29) is 0 Å². The SMILES string of the molecule is O=S1N=C([N+]2([O-])CCNCC2)c2ccccc21. The summed E-state index contributed by atoms with van der Waals surface area (Å²) in [5, 5.41) is 15.8. The number of benzene rings is 1. The molecule has 90 valence electrons. The smallest absolute Gasteiger partial charge is 0.245 e. The van der Waals surface area contributed by atoms with Gasteiger partial charge in [-0.25, -0.2) is 4.21 Å². The summed E-state index contributed by atoms with van der Waals surface area (Å²) in [5.74, 6) is 0.431. The van der Waals surface area contributed by atoms with Crippen molar-refractivity contribution < 1.29 is 8.86 Å². The van der Waals surface area contributed by atoms with Gasteiger partial charge >= 0.3 is 0 Å². The minimum atomic E-state index is -1.40. The molecule has 0 amide bonds. The summed E-state index contributed by atoms with van der Waals surface area (Å²) >= 11 is 0. The van der Waals surface area contributed by atoms with Crippen LogP contribution < -0.4 is 5.32 Å². The molecule has 0 spiro atoms. The van der Waals surface area contributed by atoms with Crippen molar-refractivity contribution in [2.45, 2.75) is 4.90 Å². The summed E-state index contributed by atoms with van der Waals surface area (Å²) in [7, 11) is -1.40. The molecule has 0 bridgehead atoms. The first-order chi connectivity index (χ1) is 8.21. The molecule has 3 rings (SSSR count). The van der Waals surface area contributed by atoms with Crippen molar-refractivity contribution in [3.05, 3.63) is 35.0 Å². The third-order valence-corrected chi connectivity index (χ3v) is 4.24. The summed E-state index contributed by atoms with van der Waals surface area (Å²) in [6, 6.07) is 7.28. The molecule has 1 unspecified atom stereocenters. The fraction of sp³-hybridized carbons (Fsp3) is 0.364. The lowest BCUT2D eigenvalue weighted by atomic mass is 10.1. The first kappa shape index (κ1) is 11.0. The Morgan fingerprint density at radius 2 is 2.00 bits per heavy atom. The van der Waals surface area contributed by atoms with Crippen LogP contribution in [0.3, 0.4) is 0 Å². The number of hydrogen-bond donors (Lipinski definition) is 1. The fourth-order valence-corrected chi connectivity index (χ4v) is 3.29. The number of amidine groups is 1. The summed E-state index contributed by atoms with van der Waals surface area (Å²) in [6.45, 7) is 2.25. The van der Waals surface area contributed by atoms with Gasteiger partial charge in [-0.15, -0.1) is 4.40 Å². The monoisotopic (exact) mass is 251 g/mol. The minimum absolute atomic E-state index is 0.431. The zero-order chi connectivity index (χ0) is 11.9. The molecule has 1 N–H and O–H groups in total. The van der Waals surface area contributed by atoms with Crippen molar-refractivity contribution in [2.75, 3.05) is 26.2 Å². The quantitative estimate of drug-likeness (QED) is 0.536. The third kappa shape index (κ3) is 1.73. The first-order valence-electron chi connectivity index (χ1n) is 5.60. The van der Waals surface area contributed by atoms with Crippen molar-refractivity contribution in [1.29, 1.82) is 0 Å².